The zero-order valence-electron chi connectivity index (χ0n) is 13.8. The summed E-state index contributed by atoms with van der Waals surface area (Å²) in [7, 11) is 0. The summed E-state index contributed by atoms with van der Waals surface area (Å²) in [5.41, 5.74) is 1.27. The molecule has 1 aliphatic carbocycles. The summed E-state index contributed by atoms with van der Waals surface area (Å²) in [6.07, 6.45) is 8.07. The molecule has 2 fully saturated rings. The third-order valence-corrected chi connectivity index (χ3v) is 4.96. The minimum absolute atomic E-state index is 0.327. The maximum absolute atomic E-state index is 6.02. The van der Waals surface area contributed by atoms with Crippen molar-refractivity contribution in [3.63, 3.8) is 0 Å². The van der Waals surface area contributed by atoms with E-state index < -0.39 is 0 Å². The SMILES string of the molecule is c1ccc(OC[C@@H]2C[C@H]3OCCN(Cc4cccnc4)[C@H]3C2)nc1. The lowest BCUT2D eigenvalue weighted by Crippen LogP contribution is -2.47. The highest BCUT2D eigenvalue weighted by Gasteiger charge is 2.41. The zero-order valence-corrected chi connectivity index (χ0v) is 13.8. The predicted molar refractivity (Wildman–Crippen MR) is 90.6 cm³/mol. The molecule has 0 spiro atoms. The molecule has 3 heterocycles. The maximum Gasteiger partial charge on any atom is 0.213 e. The van der Waals surface area contributed by atoms with Crippen LogP contribution in [0.2, 0.25) is 0 Å². The number of hydrogen-bond donors (Lipinski definition) is 0. The Morgan fingerprint density at radius 3 is 3.00 bits per heavy atom. The van der Waals surface area contributed by atoms with Gasteiger partial charge in [0.25, 0.3) is 0 Å². The van der Waals surface area contributed by atoms with Gasteiger partial charge in [0.1, 0.15) is 0 Å². The van der Waals surface area contributed by atoms with Crippen LogP contribution in [0.1, 0.15) is 18.4 Å². The number of ether oxygens (including phenoxy) is 2. The summed E-state index contributed by atoms with van der Waals surface area (Å²) in [6.45, 7) is 3.47. The molecule has 3 atom stereocenters. The Labute approximate surface area is 142 Å². The van der Waals surface area contributed by atoms with Gasteiger partial charge in [0, 0.05) is 43.8 Å². The molecular weight excluding hydrogens is 302 g/mol. The monoisotopic (exact) mass is 325 g/mol. The predicted octanol–water partition coefficient (Wildman–Crippen LogP) is 2.54. The lowest BCUT2D eigenvalue weighted by Gasteiger charge is -2.37. The van der Waals surface area contributed by atoms with E-state index in [0.29, 0.717) is 30.6 Å². The second kappa shape index (κ2) is 7.28. The molecule has 1 saturated heterocycles. The first kappa shape index (κ1) is 15.5. The Balaban J connectivity index is 1.35. The van der Waals surface area contributed by atoms with E-state index in [9.17, 15) is 0 Å². The van der Waals surface area contributed by atoms with E-state index in [4.69, 9.17) is 9.47 Å². The molecule has 2 aliphatic rings. The number of fused-ring (bicyclic) bond motifs is 1. The van der Waals surface area contributed by atoms with E-state index in [0.717, 1.165) is 32.5 Å². The maximum atomic E-state index is 6.02. The molecule has 126 valence electrons. The molecule has 5 heteroatoms. The fraction of sp³-hybridized carbons (Fsp3) is 0.474. The van der Waals surface area contributed by atoms with Crippen molar-refractivity contribution in [1.29, 1.82) is 0 Å². The van der Waals surface area contributed by atoms with Crippen molar-refractivity contribution in [2.75, 3.05) is 19.8 Å². The highest BCUT2D eigenvalue weighted by Crippen LogP contribution is 2.35. The first-order chi connectivity index (χ1) is 11.9. The summed E-state index contributed by atoms with van der Waals surface area (Å²) in [6, 6.07) is 10.4. The van der Waals surface area contributed by atoms with Gasteiger partial charge in [0.15, 0.2) is 0 Å². The molecule has 2 aromatic rings. The van der Waals surface area contributed by atoms with Crippen LogP contribution in [0, 0.1) is 5.92 Å². The average molecular weight is 325 g/mol. The Kier molecular flexibility index (Phi) is 4.71. The van der Waals surface area contributed by atoms with Crippen molar-refractivity contribution in [3.8, 4) is 5.88 Å². The van der Waals surface area contributed by atoms with Crippen LogP contribution in [-0.2, 0) is 11.3 Å². The molecule has 24 heavy (non-hydrogen) atoms. The van der Waals surface area contributed by atoms with E-state index in [1.807, 2.05) is 36.7 Å². The van der Waals surface area contributed by atoms with Crippen molar-refractivity contribution in [2.24, 2.45) is 5.92 Å². The van der Waals surface area contributed by atoms with Gasteiger partial charge in [-0.25, -0.2) is 4.98 Å². The summed E-state index contributed by atoms with van der Waals surface area (Å²) in [5, 5.41) is 0. The van der Waals surface area contributed by atoms with Crippen molar-refractivity contribution >= 4 is 0 Å². The molecule has 2 aromatic heterocycles. The molecule has 0 bridgehead atoms. The average Bonchev–Trinajstić information content (AvgIpc) is 3.06. The minimum atomic E-state index is 0.327. The quantitative estimate of drug-likeness (QED) is 0.845. The minimum Gasteiger partial charge on any atom is -0.477 e. The van der Waals surface area contributed by atoms with Crippen LogP contribution < -0.4 is 4.74 Å². The van der Waals surface area contributed by atoms with E-state index in [2.05, 4.69) is 20.9 Å². The molecule has 0 aromatic carbocycles. The van der Waals surface area contributed by atoms with Gasteiger partial charge < -0.3 is 9.47 Å². The van der Waals surface area contributed by atoms with Crippen LogP contribution in [0.3, 0.4) is 0 Å². The normalized spacial score (nSPS) is 26.9. The van der Waals surface area contributed by atoms with Crippen LogP contribution in [0.25, 0.3) is 0 Å². The zero-order chi connectivity index (χ0) is 16.2. The fourth-order valence-corrected chi connectivity index (χ4v) is 3.82. The van der Waals surface area contributed by atoms with E-state index in [1.165, 1.54) is 5.56 Å². The molecule has 1 aliphatic heterocycles. The molecule has 4 rings (SSSR count). The Bertz CT molecular complexity index is 638. The fourth-order valence-electron chi connectivity index (χ4n) is 3.82. The van der Waals surface area contributed by atoms with E-state index in [1.54, 1.807) is 6.20 Å². The third-order valence-electron chi connectivity index (χ3n) is 4.96. The largest absolute Gasteiger partial charge is 0.477 e. The van der Waals surface area contributed by atoms with Crippen LogP contribution in [0.4, 0.5) is 0 Å². The van der Waals surface area contributed by atoms with Gasteiger partial charge in [-0.05, 0) is 36.5 Å². The lowest BCUT2D eigenvalue weighted by molar-refractivity contribution is -0.0590. The molecule has 0 amide bonds. The van der Waals surface area contributed by atoms with Crippen molar-refractivity contribution < 1.29 is 9.47 Å². The van der Waals surface area contributed by atoms with E-state index in [-0.39, 0.29) is 0 Å². The van der Waals surface area contributed by atoms with Gasteiger partial charge >= 0.3 is 0 Å². The highest BCUT2D eigenvalue weighted by molar-refractivity contribution is 5.10. The number of hydrogen-bond acceptors (Lipinski definition) is 5. The second-order valence-electron chi connectivity index (χ2n) is 6.62. The summed E-state index contributed by atoms with van der Waals surface area (Å²) in [5.74, 6) is 1.23. The number of aromatic nitrogens is 2. The van der Waals surface area contributed by atoms with Crippen molar-refractivity contribution in [3.05, 3.63) is 54.5 Å². The van der Waals surface area contributed by atoms with Crippen molar-refractivity contribution in [1.82, 2.24) is 14.9 Å². The lowest BCUT2D eigenvalue weighted by atomic mass is 10.1. The summed E-state index contributed by atoms with van der Waals surface area (Å²) in [4.78, 5) is 11.0. The third kappa shape index (κ3) is 3.57. The first-order valence-electron chi connectivity index (χ1n) is 8.67. The number of nitrogens with zero attached hydrogens (tertiary/aromatic N) is 3. The number of morpholine rings is 1. The molecule has 0 N–H and O–H groups in total. The molecule has 1 saturated carbocycles. The van der Waals surface area contributed by atoms with E-state index >= 15 is 0 Å². The van der Waals surface area contributed by atoms with Gasteiger partial charge in [-0.15, -0.1) is 0 Å². The first-order valence-corrected chi connectivity index (χ1v) is 8.67. The Hall–Kier alpha value is -1.98. The van der Waals surface area contributed by atoms with Crippen LogP contribution >= 0.6 is 0 Å². The number of pyridine rings is 2. The molecular formula is C19H23N3O2. The smallest absolute Gasteiger partial charge is 0.213 e. The summed E-state index contributed by atoms with van der Waals surface area (Å²) >= 11 is 0. The van der Waals surface area contributed by atoms with Crippen LogP contribution in [-0.4, -0.2) is 46.8 Å². The molecule has 0 unspecified atom stereocenters. The topological polar surface area (TPSA) is 47.5 Å². The van der Waals surface area contributed by atoms with Gasteiger partial charge in [-0.3, -0.25) is 9.88 Å². The second-order valence-corrected chi connectivity index (χ2v) is 6.62. The van der Waals surface area contributed by atoms with Gasteiger partial charge in [-0.2, -0.15) is 0 Å². The Morgan fingerprint density at radius 1 is 1.17 bits per heavy atom. The highest BCUT2D eigenvalue weighted by atomic mass is 16.5. The van der Waals surface area contributed by atoms with Crippen LogP contribution in [0.15, 0.2) is 48.9 Å². The van der Waals surface area contributed by atoms with Crippen LogP contribution in [0.5, 0.6) is 5.88 Å². The van der Waals surface area contributed by atoms with Gasteiger partial charge in [-0.1, -0.05) is 12.1 Å². The molecule has 0 radical (unpaired) electrons. The number of rotatable bonds is 5. The van der Waals surface area contributed by atoms with Gasteiger partial charge in [0.05, 0.1) is 19.3 Å². The standard InChI is InChI=1S/C19H23N3O2/c1-2-7-21-19(5-1)24-14-16-10-17-18(11-16)23-9-8-22(17)13-15-4-3-6-20-12-15/h1-7,12,16-18H,8-11,13-14H2/t16-,17-,18+/m0/s1. The summed E-state index contributed by atoms with van der Waals surface area (Å²) < 4.78 is 11.9. The molecule has 5 nitrogen and oxygen atoms in total. The van der Waals surface area contributed by atoms with Gasteiger partial charge in [0.2, 0.25) is 5.88 Å². The van der Waals surface area contributed by atoms with Crippen molar-refractivity contribution in [2.45, 2.75) is 31.5 Å². The Morgan fingerprint density at radius 2 is 2.17 bits per heavy atom.